The Morgan fingerprint density at radius 3 is 2.38 bits per heavy atom. The van der Waals surface area contributed by atoms with Crippen molar-refractivity contribution in [3.05, 3.63) is 0 Å². The summed E-state index contributed by atoms with van der Waals surface area (Å²) in [6.07, 6.45) is 5.01. The van der Waals surface area contributed by atoms with Crippen molar-refractivity contribution in [3.8, 4) is 0 Å². The molecule has 0 rings (SSSR count). The Morgan fingerprint density at radius 1 is 0.938 bits per heavy atom. The zero-order valence-electron chi connectivity index (χ0n) is 10.7. The van der Waals surface area contributed by atoms with Crippen molar-refractivity contribution < 1.29 is 9.47 Å². The molecule has 0 aliphatic rings. The quantitative estimate of drug-likeness (QED) is 0.408. The van der Waals surface area contributed by atoms with Crippen LogP contribution in [0.4, 0.5) is 0 Å². The Balaban J connectivity index is 3.08. The van der Waals surface area contributed by atoms with Crippen LogP contribution in [0.1, 0.15) is 25.7 Å². The van der Waals surface area contributed by atoms with E-state index in [9.17, 15) is 0 Å². The highest BCUT2D eigenvalue weighted by molar-refractivity contribution is 9.09. The first-order valence-corrected chi connectivity index (χ1v) is 7.24. The maximum Gasteiger partial charge on any atom is 0.0700 e. The molecule has 98 valence electrons. The summed E-state index contributed by atoms with van der Waals surface area (Å²) in [6, 6.07) is 0. The molecule has 3 nitrogen and oxygen atoms in total. The molecule has 16 heavy (non-hydrogen) atoms. The minimum atomic E-state index is 0.697. The van der Waals surface area contributed by atoms with E-state index in [2.05, 4.69) is 27.9 Å². The summed E-state index contributed by atoms with van der Waals surface area (Å²) in [4.78, 5) is 2.38. The lowest BCUT2D eigenvalue weighted by atomic mass is 10.2. The zero-order chi connectivity index (χ0) is 12.1. The molecule has 4 heteroatoms. The van der Waals surface area contributed by atoms with Crippen LogP contribution in [0.2, 0.25) is 0 Å². The van der Waals surface area contributed by atoms with Crippen molar-refractivity contribution in [3.63, 3.8) is 0 Å². The molecule has 0 aliphatic heterocycles. The Kier molecular flexibility index (Phi) is 13.7. The molecule has 0 radical (unpaired) electrons. The number of halogens is 1. The topological polar surface area (TPSA) is 21.7 Å². The van der Waals surface area contributed by atoms with Gasteiger partial charge in [-0.25, -0.2) is 0 Å². The van der Waals surface area contributed by atoms with Crippen LogP contribution >= 0.6 is 15.9 Å². The van der Waals surface area contributed by atoms with Gasteiger partial charge in [0.15, 0.2) is 0 Å². The van der Waals surface area contributed by atoms with Gasteiger partial charge < -0.3 is 14.4 Å². The van der Waals surface area contributed by atoms with E-state index in [4.69, 9.17) is 9.47 Å². The van der Waals surface area contributed by atoms with Gasteiger partial charge in [0.2, 0.25) is 0 Å². The molecule has 0 atom stereocenters. The van der Waals surface area contributed by atoms with Gasteiger partial charge in [-0.05, 0) is 32.9 Å². The highest BCUT2D eigenvalue weighted by Gasteiger charge is 1.98. The van der Waals surface area contributed by atoms with E-state index in [1.807, 2.05) is 0 Å². The average molecular weight is 296 g/mol. The summed E-state index contributed by atoms with van der Waals surface area (Å²) in [7, 11) is 3.88. The molecule has 0 saturated heterocycles. The average Bonchev–Trinajstić information content (AvgIpc) is 2.29. The molecule has 0 amide bonds. The largest absolute Gasteiger partial charge is 0.382 e. The minimum Gasteiger partial charge on any atom is -0.382 e. The summed E-state index contributed by atoms with van der Waals surface area (Å²) in [6.45, 7) is 4.58. The first-order valence-electron chi connectivity index (χ1n) is 6.12. The van der Waals surface area contributed by atoms with Crippen molar-refractivity contribution in [1.82, 2.24) is 4.90 Å². The van der Waals surface area contributed by atoms with Crippen LogP contribution in [0.15, 0.2) is 0 Å². The molecule has 0 aromatic heterocycles. The Morgan fingerprint density at radius 2 is 1.69 bits per heavy atom. The highest BCUT2D eigenvalue weighted by Crippen LogP contribution is 2.00. The molecule has 0 heterocycles. The molecule has 0 saturated carbocycles. The number of unbranched alkanes of at least 4 members (excludes halogenated alkanes) is 2. The van der Waals surface area contributed by atoms with Crippen molar-refractivity contribution in [1.29, 1.82) is 0 Å². The number of ether oxygens (including phenoxy) is 2. The summed E-state index contributed by atoms with van der Waals surface area (Å²) in [5, 5.41) is 1.13. The molecular formula is C12H26BrNO2. The summed E-state index contributed by atoms with van der Waals surface area (Å²) in [5.74, 6) is 0. The van der Waals surface area contributed by atoms with Gasteiger partial charge in [0.05, 0.1) is 13.2 Å². The third-order valence-corrected chi connectivity index (χ3v) is 2.99. The van der Waals surface area contributed by atoms with E-state index < -0.39 is 0 Å². The standard InChI is InChI=1S/C12H26BrNO2/c1-14(8-5-3-4-7-13)9-6-10-16-12-11-15-2/h3-12H2,1-2H3. The normalized spacial score (nSPS) is 11.2. The number of nitrogens with zero attached hydrogens (tertiary/aromatic N) is 1. The molecule has 0 aromatic rings. The van der Waals surface area contributed by atoms with Gasteiger partial charge in [-0.3, -0.25) is 0 Å². The first-order chi connectivity index (χ1) is 7.81. The Hall–Kier alpha value is 0.360. The van der Waals surface area contributed by atoms with Gasteiger partial charge in [0.25, 0.3) is 0 Å². The number of alkyl halides is 1. The van der Waals surface area contributed by atoms with Gasteiger partial charge in [-0.2, -0.15) is 0 Å². The molecule has 0 unspecified atom stereocenters. The second kappa shape index (κ2) is 13.4. The van der Waals surface area contributed by atoms with Gasteiger partial charge in [-0.15, -0.1) is 0 Å². The summed E-state index contributed by atoms with van der Waals surface area (Å²) in [5.41, 5.74) is 0. The van der Waals surface area contributed by atoms with Crippen LogP contribution in [0.25, 0.3) is 0 Å². The van der Waals surface area contributed by atoms with E-state index in [0.29, 0.717) is 13.2 Å². The Labute approximate surface area is 109 Å². The molecule has 0 spiro atoms. The maximum atomic E-state index is 5.41. The molecule has 0 fully saturated rings. The second-order valence-corrected chi connectivity index (χ2v) is 4.80. The van der Waals surface area contributed by atoms with E-state index in [1.54, 1.807) is 7.11 Å². The fourth-order valence-corrected chi connectivity index (χ4v) is 1.84. The van der Waals surface area contributed by atoms with Gasteiger partial charge in [-0.1, -0.05) is 22.4 Å². The fraction of sp³-hybridized carbons (Fsp3) is 1.00. The van der Waals surface area contributed by atoms with Crippen LogP contribution in [-0.2, 0) is 9.47 Å². The third kappa shape index (κ3) is 12.4. The maximum absolute atomic E-state index is 5.41. The zero-order valence-corrected chi connectivity index (χ0v) is 12.3. The van der Waals surface area contributed by atoms with Crippen LogP contribution < -0.4 is 0 Å². The summed E-state index contributed by atoms with van der Waals surface area (Å²) >= 11 is 3.45. The van der Waals surface area contributed by atoms with Crippen molar-refractivity contribution >= 4 is 15.9 Å². The smallest absolute Gasteiger partial charge is 0.0700 e. The minimum absolute atomic E-state index is 0.697. The van der Waals surface area contributed by atoms with E-state index in [0.717, 1.165) is 24.9 Å². The van der Waals surface area contributed by atoms with Gasteiger partial charge >= 0.3 is 0 Å². The molecule has 0 bridgehead atoms. The van der Waals surface area contributed by atoms with Crippen LogP contribution in [0.3, 0.4) is 0 Å². The molecular weight excluding hydrogens is 270 g/mol. The van der Waals surface area contributed by atoms with E-state index >= 15 is 0 Å². The fourth-order valence-electron chi connectivity index (χ4n) is 1.45. The van der Waals surface area contributed by atoms with Crippen molar-refractivity contribution in [2.75, 3.05) is 52.4 Å². The number of methoxy groups -OCH3 is 1. The molecule has 0 aromatic carbocycles. The summed E-state index contributed by atoms with van der Waals surface area (Å²) < 4.78 is 10.3. The third-order valence-electron chi connectivity index (χ3n) is 2.43. The van der Waals surface area contributed by atoms with Crippen LogP contribution in [0.5, 0.6) is 0 Å². The predicted molar refractivity (Wildman–Crippen MR) is 72.5 cm³/mol. The van der Waals surface area contributed by atoms with Crippen LogP contribution in [-0.4, -0.2) is 57.3 Å². The molecule has 0 aliphatic carbocycles. The van der Waals surface area contributed by atoms with Crippen molar-refractivity contribution in [2.24, 2.45) is 0 Å². The van der Waals surface area contributed by atoms with Crippen molar-refractivity contribution in [2.45, 2.75) is 25.7 Å². The van der Waals surface area contributed by atoms with E-state index in [-0.39, 0.29) is 0 Å². The number of hydrogen-bond acceptors (Lipinski definition) is 3. The van der Waals surface area contributed by atoms with Gasteiger partial charge in [0.1, 0.15) is 0 Å². The lowest BCUT2D eigenvalue weighted by molar-refractivity contribution is 0.0662. The highest BCUT2D eigenvalue weighted by atomic mass is 79.9. The monoisotopic (exact) mass is 295 g/mol. The lowest BCUT2D eigenvalue weighted by Crippen LogP contribution is -2.22. The SMILES string of the molecule is COCCOCCCN(C)CCCCCBr. The second-order valence-electron chi connectivity index (χ2n) is 4.01. The van der Waals surface area contributed by atoms with Gasteiger partial charge in [0, 0.05) is 25.6 Å². The van der Waals surface area contributed by atoms with Crippen LogP contribution in [0, 0.1) is 0 Å². The first kappa shape index (κ1) is 16.4. The number of rotatable bonds is 12. The Bertz CT molecular complexity index is 136. The number of hydrogen-bond donors (Lipinski definition) is 0. The predicted octanol–water partition coefficient (Wildman–Crippen LogP) is 2.54. The lowest BCUT2D eigenvalue weighted by Gasteiger charge is -2.16. The van der Waals surface area contributed by atoms with E-state index in [1.165, 1.54) is 25.8 Å². The molecule has 0 N–H and O–H groups in total.